The fourth-order valence-corrected chi connectivity index (χ4v) is 3.13. The van der Waals surface area contributed by atoms with Crippen molar-refractivity contribution in [3.63, 3.8) is 0 Å². The van der Waals surface area contributed by atoms with Crippen molar-refractivity contribution in [2.45, 2.75) is 63.2 Å². The highest BCUT2D eigenvalue weighted by atomic mass is 16.5. The van der Waals surface area contributed by atoms with Crippen LogP contribution in [0.15, 0.2) is 4.99 Å². The zero-order valence-corrected chi connectivity index (χ0v) is 13.9. The highest BCUT2D eigenvalue weighted by Crippen LogP contribution is 2.25. The fraction of sp³-hybridized carbons (Fsp3) is 0.938. The number of methoxy groups -OCH3 is 1. The van der Waals surface area contributed by atoms with E-state index < -0.39 is 0 Å². The van der Waals surface area contributed by atoms with Crippen molar-refractivity contribution in [3.05, 3.63) is 0 Å². The van der Waals surface area contributed by atoms with Crippen LogP contribution >= 0.6 is 0 Å². The van der Waals surface area contributed by atoms with E-state index in [9.17, 15) is 5.11 Å². The Morgan fingerprint density at radius 3 is 2.55 bits per heavy atom. The van der Waals surface area contributed by atoms with Crippen LogP contribution in [0.1, 0.15) is 45.4 Å². The van der Waals surface area contributed by atoms with Gasteiger partial charge in [-0.3, -0.25) is 4.99 Å². The molecule has 2 aliphatic rings. The number of aliphatic hydroxyl groups excluding tert-OH is 1. The van der Waals surface area contributed by atoms with E-state index in [2.05, 4.69) is 17.6 Å². The first-order valence-corrected chi connectivity index (χ1v) is 8.53. The number of hydrogen-bond acceptors (Lipinski definition) is 4. The molecule has 6 nitrogen and oxygen atoms in total. The smallest absolute Gasteiger partial charge is 0.191 e. The number of ether oxygens (including phenoxy) is 2. The summed E-state index contributed by atoms with van der Waals surface area (Å²) in [5, 5.41) is 16.4. The lowest BCUT2D eigenvalue weighted by Gasteiger charge is -2.35. The van der Waals surface area contributed by atoms with Gasteiger partial charge in [0, 0.05) is 45.8 Å². The zero-order chi connectivity index (χ0) is 15.8. The molecule has 1 aliphatic carbocycles. The third-order valence-electron chi connectivity index (χ3n) is 4.74. The van der Waals surface area contributed by atoms with Crippen molar-refractivity contribution in [1.29, 1.82) is 0 Å². The SMILES string of the molecule is CCNC(=NCC1(OC)CCOCC1)NC1CCC(O)CC1. The van der Waals surface area contributed by atoms with Crippen LogP contribution in [0.2, 0.25) is 0 Å². The third-order valence-corrected chi connectivity index (χ3v) is 4.74. The van der Waals surface area contributed by atoms with Gasteiger partial charge in [0.2, 0.25) is 0 Å². The second kappa shape index (κ2) is 8.70. The lowest BCUT2D eigenvalue weighted by Crippen LogP contribution is -2.47. The van der Waals surface area contributed by atoms with Crippen molar-refractivity contribution >= 4 is 5.96 Å². The molecule has 128 valence electrons. The molecule has 0 bridgehead atoms. The summed E-state index contributed by atoms with van der Waals surface area (Å²) in [5.74, 6) is 0.854. The molecular formula is C16H31N3O3. The lowest BCUT2D eigenvalue weighted by atomic mass is 9.93. The molecule has 0 aromatic rings. The first-order valence-electron chi connectivity index (χ1n) is 8.53. The number of aliphatic imine (C=N–C) groups is 1. The third kappa shape index (κ3) is 5.11. The van der Waals surface area contributed by atoms with Crippen LogP contribution in [0.3, 0.4) is 0 Å². The molecule has 1 saturated heterocycles. The predicted molar refractivity (Wildman–Crippen MR) is 87.2 cm³/mol. The number of nitrogens with one attached hydrogen (secondary N) is 2. The van der Waals surface area contributed by atoms with Crippen LogP contribution in [0, 0.1) is 0 Å². The maximum atomic E-state index is 9.60. The van der Waals surface area contributed by atoms with Gasteiger partial charge in [-0.25, -0.2) is 0 Å². The molecule has 1 saturated carbocycles. The van der Waals surface area contributed by atoms with Crippen molar-refractivity contribution < 1.29 is 14.6 Å². The molecule has 22 heavy (non-hydrogen) atoms. The zero-order valence-electron chi connectivity index (χ0n) is 13.9. The molecule has 6 heteroatoms. The average molecular weight is 313 g/mol. The van der Waals surface area contributed by atoms with Gasteiger partial charge in [0.25, 0.3) is 0 Å². The van der Waals surface area contributed by atoms with Crippen LogP contribution in [0.4, 0.5) is 0 Å². The van der Waals surface area contributed by atoms with E-state index >= 15 is 0 Å². The minimum atomic E-state index is -0.191. The first-order chi connectivity index (χ1) is 10.7. The van der Waals surface area contributed by atoms with E-state index in [1.165, 1.54) is 0 Å². The van der Waals surface area contributed by atoms with Crippen LogP contribution in [-0.4, -0.2) is 62.2 Å². The Morgan fingerprint density at radius 2 is 1.95 bits per heavy atom. The summed E-state index contributed by atoms with van der Waals surface area (Å²) in [5.41, 5.74) is -0.191. The number of aliphatic hydroxyl groups is 1. The summed E-state index contributed by atoms with van der Waals surface area (Å²) in [6.45, 7) is 5.05. The highest BCUT2D eigenvalue weighted by molar-refractivity contribution is 5.80. The Bertz CT molecular complexity index is 349. The maximum Gasteiger partial charge on any atom is 0.191 e. The Morgan fingerprint density at radius 1 is 1.27 bits per heavy atom. The molecule has 0 aromatic carbocycles. The Labute approximate surface area is 133 Å². The van der Waals surface area contributed by atoms with E-state index in [0.29, 0.717) is 12.6 Å². The molecular weight excluding hydrogens is 282 g/mol. The molecule has 1 aliphatic heterocycles. The van der Waals surface area contributed by atoms with Gasteiger partial charge in [-0.05, 0) is 32.6 Å². The van der Waals surface area contributed by atoms with Gasteiger partial charge in [-0.2, -0.15) is 0 Å². The van der Waals surface area contributed by atoms with Crippen molar-refractivity contribution in [3.8, 4) is 0 Å². The number of nitrogens with zero attached hydrogens (tertiary/aromatic N) is 1. The van der Waals surface area contributed by atoms with E-state index in [0.717, 1.165) is 64.2 Å². The Balaban J connectivity index is 1.91. The number of guanidine groups is 1. The number of rotatable bonds is 5. The molecule has 2 fully saturated rings. The van der Waals surface area contributed by atoms with E-state index in [1.807, 2.05) is 0 Å². The number of hydrogen-bond donors (Lipinski definition) is 3. The monoisotopic (exact) mass is 313 g/mol. The molecule has 0 spiro atoms. The van der Waals surface area contributed by atoms with Gasteiger partial charge in [0.15, 0.2) is 5.96 Å². The summed E-state index contributed by atoms with van der Waals surface area (Å²) in [7, 11) is 1.77. The lowest BCUT2D eigenvalue weighted by molar-refractivity contribution is -0.0828. The Hall–Kier alpha value is -0.850. The summed E-state index contributed by atoms with van der Waals surface area (Å²) >= 11 is 0. The quantitative estimate of drug-likeness (QED) is 0.522. The van der Waals surface area contributed by atoms with E-state index in [4.69, 9.17) is 14.5 Å². The predicted octanol–water partition coefficient (Wildman–Crippen LogP) is 1.04. The first kappa shape index (κ1) is 17.5. The summed E-state index contributed by atoms with van der Waals surface area (Å²) in [6, 6.07) is 0.398. The molecule has 0 atom stereocenters. The molecule has 0 radical (unpaired) electrons. The van der Waals surface area contributed by atoms with Crippen LogP contribution < -0.4 is 10.6 Å². The molecule has 0 amide bonds. The van der Waals surface area contributed by atoms with Gasteiger partial charge in [-0.1, -0.05) is 0 Å². The molecule has 3 N–H and O–H groups in total. The summed E-state index contributed by atoms with van der Waals surface area (Å²) in [6.07, 6.45) is 5.39. The maximum absolute atomic E-state index is 9.60. The van der Waals surface area contributed by atoms with Crippen molar-refractivity contribution in [2.75, 3.05) is 33.4 Å². The van der Waals surface area contributed by atoms with Gasteiger partial charge in [0.1, 0.15) is 0 Å². The normalized spacial score (nSPS) is 29.1. The van der Waals surface area contributed by atoms with Gasteiger partial charge >= 0.3 is 0 Å². The molecule has 2 rings (SSSR count). The molecule has 0 aromatic heterocycles. The van der Waals surface area contributed by atoms with Gasteiger partial charge < -0.3 is 25.2 Å². The minimum absolute atomic E-state index is 0.128. The van der Waals surface area contributed by atoms with Crippen molar-refractivity contribution in [1.82, 2.24) is 10.6 Å². The summed E-state index contributed by atoms with van der Waals surface area (Å²) < 4.78 is 11.2. The standard InChI is InChI=1S/C16H31N3O3/c1-3-17-15(19-13-4-6-14(20)7-5-13)18-12-16(21-2)8-10-22-11-9-16/h13-14,20H,3-12H2,1-2H3,(H2,17,18,19). The van der Waals surface area contributed by atoms with Crippen molar-refractivity contribution in [2.24, 2.45) is 4.99 Å². The second-order valence-corrected chi connectivity index (χ2v) is 6.34. The van der Waals surface area contributed by atoms with E-state index in [1.54, 1.807) is 7.11 Å². The summed E-state index contributed by atoms with van der Waals surface area (Å²) in [4.78, 5) is 4.74. The fourth-order valence-electron chi connectivity index (χ4n) is 3.13. The topological polar surface area (TPSA) is 75.1 Å². The second-order valence-electron chi connectivity index (χ2n) is 6.34. The minimum Gasteiger partial charge on any atom is -0.393 e. The van der Waals surface area contributed by atoms with Gasteiger partial charge in [0.05, 0.1) is 18.2 Å². The largest absolute Gasteiger partial charge is 0.393 e. The Kier molecular flexibility index (Phi) is 6.92. The van der Waals surface area contributed by atoms with Crippen LogP contribution in [-0.2, 0) is 9.47 Å². The average Bonchev–Trinajstić information content (AvgIpc) is 2.56. The highest BCUT2D eigenvalue weighted by Gasteiger charge is 2.32. The van der Waals surface area contributed by atoms with Gasteiger partial charge in [-0.15, -0.1) is 0 Å². The van der Waals surface area contributed by atoms with E-state index in [-0.39, 0.29) is 11.7 Å². The molecule has 1 heterocycles. The molecule has 0 unspecified atom stereocenters. The van der Waals surface area contributed by atoms with Crippen LogP contribution in [0.25, 0.3) is 0 Å². The van der Waals surface area contributed by atoms with Crippen LogP contribution in [0.5, 0.6) is 0 Å².